The first-order chi connectivity index (χ1) is 6.97. The maximum Gasteiger partial charge on any atom is 0.311 e. The lowest BCUT2D eigenvalue weighted by Gasteiger charge is -2.22. The minimum absolute atomic E-state index is 0.119. The Morgan fingerprint density at radius 1 is 1.20 bits per heavy atom. The quantitative estimate of drug-likeness (QED) is 0.480. The molecule has 0 aromatic heterocycles. The van der Waals surface area contributed by atoms with Crippen LogP contribution in [0.3, 0.4) is 0 Å². The largest absolute Gasteiger partial charge is 0.426 e. The van der Waals surface area contributed by atoms with Crippen LogP contribution in [0.1, 0.15) is 38.3 Å². The molecule has 0 bridgehead atoms. The number of hydrogen-bond donors (Lipinski definition) is 0. The summed E-state index contributed by atoms with van der Waals surface area (Å²) in [5.41, 5.74) is 2.59. The molecule has 1 aliphatic heterocycles. The number of aryl methyl sites for hydroxylation is 1. The number of fused-ring (bicyclic) bond motifs is 1. The van der Waals surface area contributed by atoms with Crippen molar-refractivity contribution in [3.63, 3.8) is 0 Å². The zero-order valence-electron chi connectivity index (χ0n) is 9.46. The monoisotopic (exact) mass is 204 g/mol. The van der Waals surface area contributed by atoms with Gasteiger partial charge in [-0.1, -0.05) is 32.9 Å². The normalized spacial score (nSPS) is 15.8. The fraction of sp³-hybridized carbons (Fsp3) is 0.462. The van der Waals surface area contributed by atoms with Gasteiger partial charge in [-0.05, 0) is 29.0 Å². The molecular weight excluding hydrogens is 188 g/mol. The van der Waals surface area contributed by atoms with E-state index in [-0.39, 0.29) is 11.4 Å². The van der Waals surface area contributed by atoms with Crippen LogP contribution < -0.4 is 4.74 Å². The van der Waals surface area contributed by atoms with Crippen molar-refractivity contribution in [3.8, 4) is 5.75 Å². The zero-order valence-corrected chi connectivity index (χ0v) is 9.46. The van der Waals surface area contributed by atoms with E-state index in [4.69, 9.17) is 4.74 Å². The summed E-state index contributed by atoms with van der Waals surface area (Å²) in [4.78, 5) is 11.1. The van der Waals surface area contributed by atoms with Crippen LogP contribution in [0, 0.1) is 0 Å². The summed E-state index contributed by atoms with van der Waals surface area (Å²) >= 11 is 0. The standard InChI is InChI=1S/C13H16O2/c1-13(2,3)10-5-6-11-9(8-10)4-7-12(14)15-11/h5-6,8H,4,7H2,1-3H3. The van der Waals surface area contributed by atoms with Gasteiger partial charge in [0, 0.05) is 0 Å². The fourth-order valence-corrected chi connectivity index (χ4v) is 1.75. The van der Waals surface area contributed by atoms with Gasteiger partial charge in [-0.2, -0.15) is 0 Å². The van der Waals surface area contributed by atoms with Gasteiger partial charge in [0.2, 0.25) is 0 Å². The Balaban J connectivity index is 2.39. The van der Waals surface area contributed by atoms with Crippen molar-refractivity contribution in [1.82, 2.24) is 0 Å². The zero-order chi connectivity index (χ0) is 11.1. The van der Waals surface area contributed by atoms with Crippen LogP contribution in [-0.2, 0) is 16.6 Å². The molecule has 1 aromatic carbocycles. The lowest BCUT2D eigenvalue weighted by Crippen LogP contribution is -2.17. The van der Waals surface area contributed by atoms with E-state index >= 15 is 0 Å². The Hall–Kier alpha value is -1.31. The Bertz CT molecular complexity index is 399. The van der Waals surface area contributed by atoms with E-state index < -0.39 is 0 Å². The summed E-state index contributed by atoms with van der Waals surface area (Å²) in [6.07, 6.45) is 1.30. The first-order valence-corrected chi connectivity index (χ1v) is 5.31. The molecule has 0 atom stereocenters. The summed E-state index contributed by atoms with van der Waals surface area (Å²) in [6.45, 7) is 6.55. The Kier molecular flexibility index (Phi) is 2.29. The van der Waals surface area contributed by atoms with Gasteiger partial charge in [0.1, 0.15) is 5.75 Å². The maximum atomic E-state index is 11.1. The molecule has 15 heavy (non-hydrogen) atoms. The molecular formula is C13H16O2. The van der Waals surface area contributed by atoms with E-state index in [0.717, 1.165) is 17.7 Å². The Morgan fingerprint density at radius 3 is 2.60 bits per heavy atom. The summed E-state index contributed by atoms with van der Waals surface area (Å²) < 4.78 is 5.16. The smallest absolute Gasteiger partial charge is 0.311 e. The van der Waals surface area contributed by atoms with Gasteiger partial charge < -0.3 is 4.74 Å². The van der Waals surface area contributed by atoms with Crippen molar-refractivity contribution in [2.45, 2.75) is 39.0 Å². The van der Waals surface area contributed by atoms with Crippen LogP contribution in [0.2, 0.25) is 0 Å². The van der Waals surface area contributed by atoms with Crippen molar-refractivity contribution in [3.05, 3.63) is 29.3 Å². The van der Waals surface area contributed by atoms with Crippen LogP contribution >= 0.6 is 0 Å². The van der Waals surface area contributed by atoms with E-state index in [1.54, 1.807) is 0 Å². The molecule has 0 radical (unpaired) electrons. The van der Waals surface area contributed by atoms with Gasteiger partial charge in [-0.15, -0.1) is 0 Å². The number of ether oxygens (including phenoxy) is 1. The average Bonchev–Trinajstić information content (AvgIpc) is 2.15. The predicted octanol–water partition coefficient (Wildman–Crippen LogP) is 2.84. The number of benzene rings is 1. The Labute approximate surface area is 90.3 Å². The molecule has 0 N–H and O–H groups in total. The van der Waals surface area contributed by atoms with Crippen LogP contribution in [-0.4, -0.2) is 5.97 Å². The molecule has 0 spiro atoms. The lowest BCUT2D eigenvalue weighted by molar-refractivity contribution is -0.135. The molecule has 0 saturated heterocycles. The molecule has 2 rings (SSSR count). The van der Waals surface area contributed by atoms with Gasteiger partial charge in [-0.25, -0.2) is 0 Å². The summed E-state index contributed by atoms with van der Waals surface area (Å²) in [7, 11) is 0. The maximum absolute atomic E-state index is 11.1. The van der Waals surface area contributed by atoms with Crippen molar-refractivity contribution in [2.75, 3.05) is 0 Å². The molecule has 1 heterocycles. The summed E-state index contributed by atoms with van der Waals surface area (Å²) in [5.74, 6) is 0.616. The molecule has 1 aromatic rings. The highest BCUT2D eigenvalue weighted by atomic mass is 16.5. The van der Waals surface area contributed by atoms with Gasteiger partial charge >= 0.3 is 5.97 Å². The van der Waals surface area contributed by atoms with E-state index in [1.165, 1.54) is 5.56 Å². The molecule has 0 unspecified atom stereocenters. The van der Waals surface area contributed by atoms with E-state index in [0.29, 0.717) is 6.42 Å². The third-order valence-electron chi connectivity index (χ3n) is 2.75. The first kappa shape index (κ1) is 10.2. The van der Waals surface area contributed by atoms with Crippen LogP contribution in [0.15, 0.2) is 18.2 Å². The van der Waals surface area contributed by atoms with E-state index in [2.05, 4.69) is 26.8 Å². The predicted molar refractivity (Wildman–Crippen MR) is 59.1 cm³/mol. The minimum Gasteiger partial charge on any atom is -0.426 e. The molecule has 80 valence electrons. The summed E-state index contributed by atoms with van der Waals surface area (Å²) in [5, 5.41) is 0. The van der Waals surface area contributed by atoms with Gasteiger partial charge in [-0.3, -0.25) is 4.79 Å². The van der Waals surface area contributed by atoms with Gasteiger partial charge in [0.25, 0.3) is 0 Å². The number of hydrogen-bond acceptors (Lipinski definition) is 2. The molecule has 2 nitrogen and oxygen atoms in total. The second kappa shape index (κ2) is 3.37. The van der Waals surface area contributed by atoms with Crippen LogP contribution in [0.4, 0.5) is 0 Å². The molecule has 0 fully saturated rings. The topological polar surface area (TPSA) is 26.3 Å². The highest BCUT2D eigenvalue weighted by Crippen LogP contribution is 2.30. The molecule has 0 amide bonds. The second-order valence-electron chi connectivity index (χ2n) is 5.05. The lowest BCUT2D eigenvalue weighted by atomic mass is 9.85. The summed E-state index contributed by atoms with van der Waals surface area (Å²) in [6, 6.07) is 6.10. The second-order valence-corrected chi connectivity index (χ2v) is 5.05. The first-order valence-electron chi connectivity index (χ1n) is 5.31. The molecule has 1 aliphatic rings. The number of esters is 1. The van der Waals surface area contributed by atoms with Gasteiger partial charge in [0.05, 0.1) is 6.42 Å². The minimum atomic E-state index is -0.119. The van der Waals surface area contributed by atoms with Crippen molar-refractivity contribution >= 4 is 5.97 Å². The highest BCUT2D eigenvalue weighted by molar-refractivity contribution is 5.75. The number of carbonyl (C=O) groups is 1. The number of carbonyl (C=O) groups excluding carboxylic acids is 1. The van der Waals surface area contributed by atoms with Crippen molar-refractivity contribution in [1.29, 1.82) is 0 Å². The third-order valence-corrected chi connectivity index (χ3v) is 2.75. The SMILES string of the molecule is CC(C)(C)c1ccc2c(c1)CCC(=O)O2. The number of rotatable bonds is 0. The van der Waals surface area contributed by atoms with E-state index in [9.17, 15) is 4.79 Å². The van der Waals surface area contributed by atoms with Crippen molar-refractivity contribution < 1.29 is 9.53 Å². The molecule has 0 aliphatic carbocycles. The Morgan fingerprint density at radius 2 is 1.93 bits per heavy atom. The highest BCUT2D eigenvalue weighted by Gasteiger charge is 2.20. The van der Waals surface area contributed by atoms with E-state index in [1.807, 2.05) is 12.1 Å². The van der Waals surface area contributed by atoms with Crippen LogP contribution in [0.5, 0.6) is 5.75 Å². The molecule has 2 heteroatoms. The third kappa shape index (κ3) is 2.04. The molecule has 0 saturated carbocycles. The van der Waals surface area contributed by atoms with Gasteiger partial charge in [0.15, 0.2) is 0 Å². The van der Waals surface area contributed by atoms with Crippen LogP contribution in [0.25, 0.3) is 0 Å². The fourth-order valence-electron chi connectivity index (χ4n) is 1.75. The van der Waals surface area contributed by atoms with Crippen molar-refractivity contribution in [2.24, 2.45) is 0 Å². The average molecular weight is 204 g/mol.